The van der Waals surface area contributed by atoms with Crippen molar-refractivity contribution >= 4 is 34.3 Å². The van der Waals surface area contributed by atoms with Crippen LogP contribution in [0.1, 0.15) is 0 Å². The van der Waals surface area contributed by atoms with E-state index in [0.29, 0.717) is 0 Å². The molecule has 0 radical (unpaired) electrons. The predicted octanol–water partition coefficient (Wildman–Crippen LogP) is 1.91. The first-order chi connectivity index (χ1) is 9.86. The van der Waals surface area contributed by atoms with Crippen LogP contribution in [0.5, 0.6) is 0 Å². The van der Waals surface area contributed by atoms with Crippen molar-refractivity contribution in [3.8, 4) is 0 Å². The second-order valence-electron chi connectivity index (χ2n) is 3.91. The van der Waals surface area contributed by atoms with Gasteiger partial charge >= 0.3 is 5.97 Å². The van der Waals surface area contributed by atoms with Crippen molar-refractivity contribution in [3.63, 3.8) is 0 Å². The largest absolute Gasteiger partial charge is 0.468 e. The van der Waals surface area contributed by atoms with Crippen LogP contribution in [-0.2, 0) is 24.8 Å². The minimum atomic E-state index is -1.52. The van der Waals surface area contributed by atoms with Gasteiger partial charge in [0.25, 0.3) is 0 Å². The fraction of sp³-hybridized carbons (Fsp3) is 0.417. The monoisotopic (exact) mass is 341 g/mol. The number of esters is 1. The number of benzene rings is 1. The van der Waals surface area contributed by atoms with Gasteiger partial charge in [-0.2, -0.15) is 0 Å². The fourth-order valence-corrected chi connectivity index (χ4v) is 2.02. The third kappa shape index (κ3) is 5.22. The Labute approximate surface area is 128 Å². The molecule has 118 valence electrons. The van der Waals surface area contributed by atoms with Crippen molar-refractivity contribution in [2.24, 2.45) is 0 Å². The second kappa shape index (κ2) is 8.26. The molecule has 0 saturated carbocycles. The molecule has 0 bridgehead atoms. The first-order valence-corrected chi connectivity index (χ1v) is 7.65. The van der Waals surface area contributed by atoms with E-state index in [-0.39, 0.29) is 18.2 Å². The van der Waals surface area contributed by atoms with Crippen LogP contribution >= 0.6 is 11.6 Å². The minimum Gasteiger partial charge on any atom is -0.468 e. The lowest BCUT2D eigenvalue weighted by atomic mass is 10.2. The lowest BCUT2D eigenvalue weighted by Gasteiger charge is -2.24. The number of carbonyl (C=O) groups excluding carboxylic acids is 1. The van der Waals surface area contributed by atoms with Crippen molar-refractivity contribution in [1.29, 1.82) is 0 Å². The molecule has 0 N–H and O–H groups in total. The number of rotatable bonds is 7. The highest BCUT2D eigenvalue weighted by molar-refractivity contribution is 7.79. The van der Waals surface area contributed by atoms with E-state index in [4.69, 9.17) is 15.8 Å². The van der Waals surface area contributed by atoms with E-state index in [1.807, 2.05) is 0 Å². The highest BCUT2D eigenvalue weighted by Gasteiger charge is 2.21. The Bertz CT molecular complexity index is 544. The van der Waals surface area contributed by atoms with Crippen LogP contribution in [0.25, 0.3) is 0 Å². The molecule has 0 heterocycles. The summed E-state index contributed by atoms with van der Waals surface area (Å²) in [5, 5.41) is -0.277. The molecule has 0 spiro atoms. The zero-order valence-corrected chi connectivity index (χ0v) is 13.0. The summed E-state index contributed by atoms with van der Waals surface area (Å²) in [5.41, 5.74) is -0.460. The number of hydrogen-bond donors (Lipinski definition) is 0. The molecule has 21 heavy (non-hydrogen) atoms. The number of halogens is 3. The molecule has 0 aliphatic heterocycles. The van der Waals surface area contributed by atoms with E-state index in [1.54, 1.807) is 0 Å². The molecule has 0 aliphatic carbocycles. The number of hydrogen-bond acceptors (Lipinski definition) is 5. The molecule has 9 heteroatoms. The standard InChI is InChI=1S/C12H14ClF2NO4S/c1-19-10(17)7-16(5-6-20-21(2)18)12-9(14)4-3-8(13)11(12)15/h3-4H,5-7H2,1-2H3. The van der Waals surface area contributed by atoms with Gasteiger partial charge in [-0.1, -0.05) is 11.6 Å². The summed E-state index contributed by atoms with van der Waals surface area (Å²) in [6.07, 6.45) is 1.31. The van der Waals surface area contributed by atoms with Crippen molar-refractivity contribution < 1.29 is 26.7 Å². The number of carbonyl (C=O) groups is 1. The molecule has 1 rings (SSSR count). The first kappa shape index (κ1) is 17.8. The van der Waals surface area contributed by atoms with Gasteiger partial charge in [-0.25, -0.2) is 13.0 Å². The van der Waals surface area contributed by atoms with Crippen LogP contribution in [0.2, 0.25) is 5.02 Å². The fourth-order valence-electron chi connectivity index (χ4n) is 1.56. The Morgan fingerprint density at radius 3 is 2.67 bits per heavy atom. The second-order valence-corrected chi connectivity index (χ2v) is 5.36. The van der Waals surface area contributed by atoms with Gasteiger partial charge in [0.15, 0.2) is 16.9 Å². The van der Waals surface area contributed by atoms with Crippen molar-refractivity contribution in [1.82, 2.24) is 0 Å². The zero-order chi connectivity index (χ0) is 16.0. The van der Waals surface area contributed by atoms with Crippen molar-refractivity contribution in [2.75, 3.05) is 38.0 Å². The molecule has 0 aromatic heterocycles. The lowest BCUT2D eigenvalue weighted by molar-refractivity contribution is -0.138. The van der Waals surface area contributed by atoms with Crippen LogP contribution in [-0.4, -0.2) is 43.2 Å². The molecule has 1 aromatic rings. The number of methoxy groups -OCH3 is 1. The maximum atomic E-state index is 14.0. The van der Waals surface area contributed by atoms with Crippen LogP contribution < -0.4 is 4.90 Å². The number of nitrogens with zero attached hydrogens (tertiary/aromatic N) is 1. The van der Waals surface area contributed by atoms with E-state index in [1.165, 1.54) is 6.26 Å². The van der Waals surface area contributed by atoms with Gasteiger partial charge in [-0.15, -0.1) is 0 Å². The molecule has 0 saturated heterocycles. The maximum Gasteiger partial charge on any atom is 0.325 e. The molecule has 1 unspecified atom stereocenters. The Kier molecular flexibility index (Phi) is 7.00. The van der Waals surface area contributed by atoms with E-state index < -0.39 is 40.9 Å². The quantitative estimate of drug-likeness (QED) is 0.560. The van der Waals surface area contributed by atoms with Crippen LogP contribution in [0.4, 0.5) is 14.5 Å². The Morgan fingerprint density at radius 1 is 1.43 bits per heavy atom. The first-order valence-electron chi connectivity index (χ1n) is 5.78. The van der Waals surface area contributed by atoms with Crippen molar-refractivity contribution in [3.05, 3.63) is 28.8 Å². The number of anilines is 1. The molecule has 5 nitrogen and oxygen atoms in total. The molecule has 0 aliphatic rings. The zero-order valence-electron chi connectivity index (χ0n) is 11.4. The van der Waals surface area contributed by atoms with Crippen LogP contribution in [0.3, 0.4) is 0 Å². The minimum absolute atomic E-state index is 0.0666. The molecular weight excluding hydrogens is 328 g/mol. The third-order valence-corrected chi connectivity index (χ3v) is 3.28. The SMILES string of the molecule is COC(=O)CN(CCOS(C)=O)c1c(F)ccc(Cl)c1F. The van der Waals surface area contributed by atoms with Gasteiger partial charge in [0.05, 0.1) is 18.7 Å². The highest BCUT2D eigenvalue weighted by Crippen LogP contribution is 2.28. The van der Waals surface area contributed by atoms with Gasteiger partial charge in [0.1, 0.15) is 18.0 Å². The van der Waals surface area contributed by atoms with Crippen LogP contribution in [0.15, 0.2) is 12.1 Å². The van der Waals surface area contributed by atoms with E-state index in [2.05, 4.69) is 4.74 Å². The van der Waals surface area contributed by atoms with Gasteiger partial charge in [-0.05, 0) is 12.1 Å². The Morgan fingerprint density at radius 2 is 2.10 bits per heavy atom. The average molecular weight is 342 g/mol. The van der Waals surface area contributed by atoms with Crippen LogP contribution in [0, 0.1) is 11.6 Å². The van der Waals surface area contributed by atoms with E-state index in [9.17, 15) is 17.8 Å². The summed E-state index contributed by atoms with van der Waals surface area (Å²) in [4.78, 5) is 12.4. The highest BCUT2D eigenvalue weighted by atomic mass is 35.5. The van der Waals surface area contributed by atoms with Crippen molar-refractivity contribution in [2.45, 2.75) is 0 Å². The topological polar surface area (TPSA) is 55.8 Å². The molecular formula is C12H14ClF2NO4S. The van der Waals surface area contributed by atoms with Gasteiger partial charge in [0.2, 0.25) is 0 Å². The smallest absolute Gasteiger partial charge is 0.325 e. The predicted molar refractivity (Wildman–Crippen MR) is 75.6 cm³/mol. The maximum absolute atomic E-state index is 14.0. The Balaban J connectivity index is 3.02. The van der Waals surface area contributed by atoms with Gasteiger partial charge in [-0.3, -0.25) is 8.98 Å². The normalized spacial score (nSPS) is 12.0. The third-order valence-electron chi connectivity index (χ3n) is 2.49. The molecule has 0 fully saturated rings. The lowest BCUT2D eigenvalue weighted by Crippen LogP contribution is -2.35. The van der Waals surface area contributed by atoms with E-state index in [0.717, 1.165) is 24.1 Å². The van der Waals surface area contributed by atoms with Gasteiger partial charge in [0, 0.05) is 12.8 Å². The van der Waals surface area contributed by atoms with E-state index >= 15 is 0 Å². The number of ether oxygens (including phenoxy) is 1. The summed E-state index contributed by atoms with van der Waals surface area (Å²) in [5.74, 6) is -2.55. The average Bonchev–Trinajstić information content (AvgIpc) is 2.42. The molecule has 0 amide bonds. The summed E-state index contributed by atoms with van der Waals surface area (Å²) in [6.45, 7) is -0.557. The van der Waals surface area contributed by atoms with Gasteiger partial charge < -0.3 is 9.64 Å². The summed E-state index contributed by atoms with van der Waals surface area (Å²) in [6, 6.07) is 2.06. The summed E-state index contributed by atoms with van der Waals surface area (Å²) in [7, 11) is 1.16. The molecule has 1 aromatic carbocycles. The Hall–Kier alpha value is -1.25. The molecule has 1 atom stereocenters. The summed E-state index contributed by atoms with van der Waals surface area (Å²) < 4.78 is 48.0. The summed E-state index contributed by atoms with van der Waals surface area (Å²) >= 11 is 4.10.